The Labute approximate surface area is 180 Å². The van der Waals surface area contributed by atoms with Crippen molar-refractivity contribution in [2.75, 3.05) is 20.7 Å². The van der Waals surface area contributed by atoms with Crippen LogP contribution in [0.4, 0.5) is 8.78 Å². The van der Waals surface area contributed by atoms with E-state index in [1.54, 1.807) is 13.2 Å². The van der Waals surface area contributed by atoms with Gasteiger partial charge in [0.15, 0.2) is 11.5 Å². The van der Waals surface area contributed by atoms with Crippen molar-refractivity contribution < 1.29 is 27.8 Å². The number of carbonyl (C=O) groups is 1. The largest absolute Gasteiger partial charge is 0.493 e. The average molecular weight is 429 g/mol. The molecule has 0 radical (unpaired) electrons. The molecule has 0 aliphatic carbocycles. The molecule has 2 aliphatic rings. The molecule has 2 aliphatic heterocycles. The van der Waals surface area contributed by atoms with Gasteiger partial charge in [0.1, 0.15) is 23.8 Å². The van der Waals surface area contributed by atoms with Crippen molar-refractivity contribution in [2.24, 2.45) is 0 Å². The van der Waals surface area contributed by atoms with Gasteiger partial charge < -0.3 is 19.1 Å². The van der Waals surface area contributed by atoms with E-state index in [-0.39, 0.29) is 11.7 Å². The first-order valence-electron chi connectivity index (χ1n) is 10.3. The summed E-state index contributed by atoms with van der Waals surface area (Å²) in [5.74, 6) is -1.18. The van der Waals surface area contributed by atoms with E-state index >= 15 is 0 Å². The maximum absolute atomic E-state index is 14.0. The van der Waals surface area contributed by atoms with Crippen LogP contribution >= 0.6 is 0 Å². The van der Waals surface area contributed by atoms with Crippen LogP contribution in [0.2, 0.25) is 0 Å². The summed E-state index contributed by atoms with van der Waals surface area (Å²) in [6, 6.07) is 6.73. The Bertz CT molecular complexity index is 1010. The number of benzene rings is 2. The minimum Gasteiger partial charge on any atom is -0.493 e. The average Bonchev–Trinajstić information content (AvgIpc) is 2.70. The van der Waals surface area contributed by atoms with Crippen LogP contribution in [0.3, 0.4) is 0 Å². The van der Waals surface area contributed by atoms with Gasteiger partial charge >= 0.3 is 5.97 Å². The Morgan fingerprint density at radius 3 is 2.84 bits per heavy atom. The molecule has 0 fully saturated rings. The van der Waals surface area contributed by atoms with Crippen LogP contribution < -0.4 is 9.47 Å². The van der Waals surface area contributed by atoms with Crippen molar-refractivity contribution >= 4 is 12.0 Å². The summed E-state index contributed by atoms with van der Waals surface area (Å²) >= 11 is 0. The minimum atomic E-state index is -0.942. The molecular weight excluding hydrogens is 404 g/mol. The lowest BCUT2D eigenvalue weighted by molar-refractivity contribution is 0.0275. The molecule has 0 saturated heterocycles. The zero-order valence-electron chi connectivity index (χ0n) is 17.6. The molecular formula is C24H25F2NO4. The number of carbonyl (C=O) groups excluding carboxylic acids is 1. The van der Waals surface area contributed by atoms with Gasteiger partial charge in [-0.25, -0.2) is 13.6 Å². The third kappa shape index (κ3) is 4.71. The van der Waals surface area contributed by atoms with Gasteiger partial charge in [-0.3, -0.25) is 0 Å². The van der Waals surface area contributed by atoms with Crippen molar-refractivity contribution in [3.8, 4) is 11.5 Å². The fraction of sp³-hybridized carbons (Fsp3) is 0.375. The highest BCUT2D eigenvalue weighted by Gasteiger charge is 2.27. The molecule has 5 nitrogen and oxygen atoms in total. The number of hydrogen-bond donors (Lipinski definition) is 0. The zero-order valence-corrected chi connectivity index (χ0v) is 17.6. The van der Waals surface area contributed by atoms with E-state index in [0.29, 0.717) is 24.0 Å². The molecule has 2 atom stereocenters. The summed E-state index contributed by atoms with van der Waals surface area (Å²) in [6.07, 6.45) is 4.96. The molecule has 2 aromatic carbocycles. The Kier molecular flexibility index (Phi) is 6.23. The van der Waals surface area contributed by atoms with Crippen LogP contribution in [0.25, 0.3) is 6.08 Å². The summed E-state index contributed by atoms with van der Waals surface area (Å²) in [5.41, 5.74) is 1.67. The molecule has 4 rings (SSSR count). The molecule has 0 spiro atoms. The van der Waals surface area contributed by atoms with Crippen LogP contribution in [0.15, 0.2) is 36.4 Å². The number of esters is 1. The normalized spacial score (nSPS) is 22.1. The number of rotatable bonds is 3. The maximum Gasteiger partial charge on any atom is 0.341 e. The van der Waals surface area contributed by atoms with Crippen molar-refractivity contribution in [3.63, 3.8) is 0 Å². The highest BCUT2D eigenvalue weighted by atomic mass is 19.1. The molecule has 164 valence electrons. The van der Waals surface area contributed by atoms with Crippen LogP contribution in [0.1, 0.15) is 40.7 Å². The lowest BCUT2D eigenvalue weighted by atomic mass is 9.98. The second-order valence-corrected chi connectivity index (χ2v) is 7.95. The summed E-state index contributed by atoms with van der Waals surface area (Å²) in [5, 5.41) is 0. The van der Waals surface area contributed by atoms with Crippen LogP contribution in [-0.2, 0) is 11.3 Å². The second-order valence-electron chi connectivity index (χ2n) is 7.95. The number of halogens is 2. The molecule has 2 aromatic rings. The maximum atomic E-state index is 14.0. The monoisotopic (exact) mass is 429 g/mol. The summed E-state index contributed by atoms with van der Waals surface area (Å²) in [7, 11) is 3.69. The summed E-state index contributed by atoms with van der Waals surface area (Å²) in [4.78, 5) is 14.8. The smallest absolute Gasteiger partial charge is 0.341 e. The SMILES string of the molecule is COc1ccc2c3c1OC(CCCN(C)C2)C[C@@H](OC(=O)c1ccc(F)cc1F)/C=C\3. The highest BCUT2D eigenvalue weighted by Crippen LogP contribution is 2.39. The van der Waals surface area contributed by atoms with Crippen LogP contribution in [0.5, 0.6) is 11.5 Å². The van der Waals surface area contributed by atoms with Crippen molar-refractivity contribution in [3.05, 3.63) is 64.7 Å². The summed E-state index contributed by atoms with van der Waals surface area (Å²) < 4.78 is 44.7. The van der Waals surface area contributed by atoms with E-state index in [2.05, 4.69) is 11.9 Å². The van der Waals surface area contributed by atoms with E-state index < -0.39 is 23.7 Å². The second kappa shape index (κ2) is 9.06. The Morgan fingerprint density at radius 1 is 1.23 bits per heavy atom. The van der Waals surface area contributed by atoms with Gasteiger partial charge in [-0.05, 0) is 56.3 Å². The number of fused-ring (bicyclic) bond motifs is 1. The molecule has 0 amide bonds. The van der Waals surface area contributed by atoms with Gasteiger partial charge in [0.2, 0.25) is 0 Å². The first-order valence-corrected chi connectivity index (χ1v) is 10.3. The molecule has 31 heavy (non-hydrogen) atoms. The molecule has 0 aromatic heterocycles. The lowest BCUT2D eigenvalue weighted by Crippen LogP contribution is -2.30. The summed E-state index contributed by atoms with van der Waals surface area (Å²) in [6.45, 7) is 1.66. The third-order valence-electron chi connectivity index (χ3n) is 5.64. The standard InChI is InChI=1S/C24H25F2NO4/c1-27-11-3-4-17-13-18(31-24(28)20-8-6-16(25)12-21(20)26)7-9-19-15(14-27)5-10-22(29-2)23(19)30-17/h5-10,12,17-18H,3-4,11,13-14H2,1-2H3/b9-7-/t17?,18-/m0/s1. The quantitative estimate of drug-likeness (QED) is 0.668. The molecule has 0 N–H and O–H groups in total. The molecule has 1 unspecified atom stereocenters. The van der Waals surface area contributed by atoms with Crippen molar-refractivity contribution in [1.82, 2.24) is 4.90 Å². The predicted octanol–water partition coefficient (Wildman–Crippen LogP) is 4.59. The van der Waals surface area contributed by atoms with Crippen molar-refractivity contribution in [2.45, 2.75) is 38.0 Å². The van der Waals surface area contributed by atoms with E-state index in [1.165, 1.54) is 0 Å². The number of nitrogens with zero attached hydrogens (tertiary/aromatic N) is 1. The van der Waals surface area contributed by atoms with Crippen LogP contribution in [-0.4, -0.2) is 43.8 Å². The van der Waals surface area contributed by atoms with Gasteiger partial charge in [0, 0.05) is 24.6 Å². The van der Waals surface area contributed by atoms with Gasteiger partial charge in [0.05, 0.1) is 12.7 Å². The van der Waals surface area contributed by atoms with Gasteiger partial charge in [0.25, 0.3) is 0 Å². The van der Waals surface area contributed by atoms with Crippen LogP contribution in [0, 0.1) is 11.6 Å². The Morgan fingerprint density at radius 2 is 2.06 bits per heavy atom. The van der Waals surface area contributed by atoms with E-state index in [1.807, 2.05) is 18.2 Å². The number of ether oxygens (including phenoxy) is 3. The van der Waals surface area contributed by atoms with Gasteiger partial charge in [-0.1, -0.05) is 12.1 Å². The fourth-order valence-electron chi connectivity index (χ4n) is 4.06. The fourth-order valence-corrected chi connectivity index (χ4v) is 4.06. The molecule has 4 bridgehead atoms. The topological polar surface area (TPSA) is 48.0 Å². The molecule has 2 heterocycles. The minimum absolute atomic E-state index is 0.213. The number of methoxy groups -OCH3 is 1. The van der Waals surface area contributed by atoms with Gasteiger partial charge in [-0.15, -0.1) is 0 Å². The molecule has 0 saturated carbocycles. The molecule has 7 heteroatoms. The van der Waals surface area contributed by atoms with Gasteiger partial charge in [-0.2, -0.15) is 0 Å². The Balaban J connectivity index is 1.68. The van der Waals surface area contributed by atoms with E-state index in [9.17, 15) is 13.6 Å². The van der Waals surface area contributed by atoms with Crippen molar-refractivity contribution in [1.29, 1.82) is 0 Å². The number of hydrogen-bond acceptors (Lipinski definition) is 5. The Hall–Kier alpha value is -2.93. The first kappa shape index (κ1) is 21.3. The van der Waals surface area contributed by atoms with E-state index in [4.69, 9.17) is 14.2 Å². The first-order chi connectivity index (χ1) is 14.9. The highest BCUT2D eigenvalue weighted by molar-refractivity contribution is 5.90. The van der Waals surface area contributed by atoms with E-state index in [0.717, 1.165) is 49.2 Å². The zero-order chi connectivity index (χ0) is 22.0. The predicted molar refractivity (Wildman–Crippen MR) is 112 cm³/mol. The lowest BCUT2D eigenvalue weighted by Gasteiger charge is -2.30. The third-order valence-corrected chi connectivity index (χ3v) is 5.64.